The van der Waals surface area contributed by atoms with Gasteiger partial charge in [-0.25, -0.2) is 12.7 Å². The molecule has 7 nitrogen and oxygen atoms in total. The highest BCUT2D eigenvalue weighted by Gasteiger charge is 2.53. The average molecular weight is 424 g/mol. The van der Waals surface area contributed by atoms with Crippen LogP contribution in [0.2, 0.25) is 0 Å². The molecular formula is C21H33N3O4S. The molecule has 1 aromatic rings. The van der Waals surface area contributed by atoms with Crippen LogP contribution in [0.25, 0.3) is 0 Å². The fourth-order valence-corrected chi connectivity index (χ4v) is 6.50. The lowest BCUT2D eigenvalue weighted by molar-refractivity contribution is -0.123. The Bertz CT molecular complexity index is 781. The molecule has 3 rings (SSSR count). The Hall–Kier alpha value is -1.51. The van der Waals surface area contributed by atoms with Crippen LogP contribution in [0.4, 0.5) is 0 Å². The Kier molecular flexibility index (Phi) is 7.29. The Balaban J connectivity index is 1.63. The summed E-state index contributed by atoms with van der Waals surface area (Å²) in [5.74, 6) is -0.520. The number of rotatable bonds is 8. The molecule has 2 N–H and O–H groups in total. The maximum atomic E-state index is 13.3. The van der Waals surface area contributed by atoms with E-state index in [2.05, 4.69) is 24.0 Å². The van der Waals surface area contributed by atoms with Crippen molar-refractivity contribution in [3.8, 4) is 0 Å². The molecule has 0 radical (unpaired) electrons. The maximum Gasteiger partial charge on any atom is 0.240 e. The molecule has 0 saturated carbocycles. The molecule has 0 aliphatic carbocycles. The topological polar surface area (TPSA) is 103 Å². The molecule has 8 heteroatoms. The summed E-state index contributed by atoms with van der Waals surface area (Å²) >= 11 is 0. The largest absolute Gasteiger partial charge is 0.381 e. The van der Waals surface area contributed by atoms with E-state index in [-0.39, 0.29) is 32.0 Å². The van der Waals surface area contributed by atoms with E-state index < -0.39 is 20.7 Å². The second kappa shape index (κ2) is 9.53. The minimum Gasteiger partial charge on any atom is -0.381 e. The van der Waals surface area contributed by atoms with Gasteiger partial charge in [0, 0.05) is 57.0 Å². The van der Waals surface area contributed by atoms with Gasteiger partial charge in [0.25, 0.3) is 0 Å². The second-order valence-corrected chi connectivity index (χ2v) is 10.4. The number of unbranched alkanes of at least 4 members (excludes halogenated alkanes) is 2. The number of piperidine rings is 1. The number of pyridine rings is 1. The number of aromatic nitrogens is 1. The van der Waals surface area contributed by atoms with Crippen molar-refractivity contribution in [3.05, 3.63) is 29.6 Å². The molecule has 0 aromatic carbocycles. The minimum absolute atomic E-state index is 0.131. The third-order valence-corrected chi connectivity index (χ3v) is 9.01. The molecular weight excluding hydrogens is 390 g/mol. The van der Waals surface area contributed by atoms with Gasteiger partial charge in [-0.1, -0.05) is 25.8 Å². The van der Waals surface area contributed by atoms with Crippen LogP contribution in [-0.4, -0.2) is 54.7 Å². The van der Waals surface area contributed by atoms with E-state index in [0.717, 1.165) is 12.1 Å². The first-order valence-electron chi connectivity index (χ1n) is 10.7. The van der Waals surface area contributed by atoms with E-state index in [1.54, 1.807) is 0 Å². The minimum atomic E-state index is -3.81. The lowest BCUT2D eigenvalue weighted by Crippen LogP contribution is -2.59. The number of carbonyl (C=O) groups is 1. The molecule has 1 amide bonds. The second-order valence-electron chi connectivity index (χ2n) is 8.20. The number of amides is 1. The van der Waals surface area contributed by atoms with Crippen molar-refractivity contribution in [1.82, 2.24) is 9.29 Å². The molecule has 162 valence electrons. The molecule has 2 saturated heterocycles. The summed E-state index contributed by atoms with van der Waals surface area (Å²) in [5.41, 5.74) is 7.84. The predicted molar refractivity (Wildman–Crippen MR) is 112 cm³/mol. The lowest BCUT2D eigenvalue weighted by Gasteiger charge is -2.40. The van der Waals surface area contributed by atoms with Gasteiger partial charge in [0.2, 0.25) is 15.9 Å². The first-order valence-corrected chi connectivity index (χ1v) is 12.2. The summed E-state index contributed by atoms with van der Waals surface area (Å²) in [7, 11) is -3.81. The van der Waals surface area contributed by atoms with Crippen molar-refractivity contribution in [3.63, 3.8) is 0 Å². The Morgan fingerprint density at radius 1 is 1.24 bits per heavy atom. The number of hydrogen-bond donors (Lipinski definition) is 1. The highest BCUT2D eigenvalue weighted by atomic mass is 32.2. The van der Waals surface area contributed by atoms with Gasteiger partial charge in [-0.05, 0) is 37.3 Å². The van der Waals surface area contributed by atoms with Gasteiger partial charge >= 0.3 is 0 Å². The van der Waals surface area contributed by atoms with Crippen LogP contribution in [0.3, 0.4) is 0 Å². The number of ether oxygens (including phenoxy) is 1. The molecule has 1 aromatic heterocycles. The molecule has 2 aliphatic rings. The maximum absolute atomic E-state index is 13.3. The van der Waals surface area contributed by atoms with Crippen LogP contribution in [0, 0.1) is 0 Å². The Labute approximate surface area is 174 Å². The van der Waals surface area contributed by atoms with Gasteiger partial charge in [-0.3, -0.25) is 9.78 Å². The number of nitrogens with zero attached hydrogens (tertiary/aromatic N) is 2. The number of carbonyl (C=O) groups excluding carboxylic acids is 1. The van der Waals surface area contributed by atoms with Crippen LogP contribution < -0.4 is 5.73 Å². The van der Waals surface area contributed by atoms with Gasteiger partial charge in [-0.2, -0.15) is 0 Å². The van der Waals surface area contributed by atoms with E-state index in [9.17, 15) is 13.2 Å². The Morgan fingerprint density at radius 3 is 2.48 bits per heavy atom. The monoisotopic (exact) mass is 423 g/mol. The van der Waals surface area contributed by atoms with Gasteiger partial charge in [0.15, 0.2) is 4.75 Å². The van der Waals surface area contributed by atoms with Gasteiger partial charge in [-0.15, -0.1) is 0 Å². The van der Waals surface area contributed by atoms with Crippen molar-refractivity contribution in [2.75, 3.05) is 26.3 Å². The van der Waals surface area contributed by atoms with Crippen LogP contribution in [0.5, 0.6) is 0 Å². The molecule has 2 fully saturated rings. The third-order valence-electron chi connectivity index (χ3n) is 6.37. The summed E-state index contributed by atoms with van der Waals surface area (Å²) in [6.45, 7) is 3.47. The molecule has 0 atom stereocenters. The zero-order valence-corrected chi connectivity index (χ0v) is 18.1. The summed E-state index contributed by atoms with van der Waals surface area (Å²) < 4.78 is 31.7. The van der Waals surface area contributed by atoms with Crippen LogP contribution in [0.1, 0.15) is 69.0 Å². The van der Waals surface area contributed by atoms with Crippen molar-refractivity contribution >= 4 is 15.9 Å². The summed E-state index contributed by atoms with van der Waals surface area (Å²) in [5, 5.41) is 0. The fraction of sp³-hybridized carbons (Fsp3) is 0.714. The standard InChI is InChI=1S/C21H33N3O4S/c1-2-3-4-5-17-6-7-19(23-16-17)18-8-12-24(13-9-18)29(26,27)21(20(22)25)10-14-28-15-11-21/h6-7,16,18H,2-5,8-15H2,1H3,(H2,22,25). The van der Waals surface area contributed by atoms with Crippen LogP contribution in [0.15, 0.2) is 18.3 Å². The van der Waals surface area contributed by atoms with E-state index in [4.69, 9.17) is 10.5 Å². The first kappa shape index (κ1) is 22.2. The molecule has 2 aliphatic heterocycles. The smallest absolute Gasteiger partial charge is 0.240 e. The average Bonchev–Trinajstić information content (AvgIpc) is 2.75. The lowest BCUT2D eigenvalue weighted by atomic mass is 9.93. The highest BCUT2D eigenvalue weighted by molar-refractivity contribution is 7.91. The number of primary amides is 1. The zero-order valence-electron chi connectivity index (χ0n) is 17.3. The van der Waals surface area contributed by atoms with E-state index in [1.165, 1.54) is 29.1 Å². The van der Waals surface area contributed by atoms with Crippen LogP contribution in [-0.2, 0) is 26.0 Å². The van der Waals surface area contributed by atoms with E-state index in [1.807, 2.05) is 6.20 Å². The summed E-state index contributed by atoms with van der Waals surface area (Å²) in [4.78, 5) is 16.8. The number of hydrogen-bond acceptors (Lipinski definition) is 5. The zero-order chi connectivity index (χ0) is 20.9. The summed E-state index contributed by atoms with van der Waals surface area (Å²) in [6.07, 6.45) is 8.29. The molecule has 3 heterocycles. The molecule has 29 heavy (non-hydrogen) atoms. The third kappa shape index (κ3) is 4.64. The number of nitrogens with two attached hydrogens (primary N) is 1. The normalized spacial score (nSPS) is 21.1. The number of aryl methyl sites for hydroxylation is 1. The van der Waals surface area contributed by atoms with Crippen LogP contribution >= 0.6 is 0 Å². The Morgan fingerprint density at radius 2 is 1.93 bits per heavy atom. The van der Waals surface area contributed by atoms with E-state index >= 15 is 0 Å². The van der Waals surface area contributed by atoms with Crippen molar-refractivity contribution in [2.45, 2.75) is 69.0 Å². The van der Waals surface area contributed by atoms with Crippen molar-refractivity contribution in [2.24, 2.45) is 5.73 Å². The summed E-state index contributed by atoms with van der Waals surface area (Å²) in [6, 6.07) is 4.23. The SMILES string of the molecule is CCCCCc1ccc(C2CCN(S(=O)(=O)C3(C(N)=O)CCOCC3)CC2)nc1. The molecule has 0 bridgehead atoms. The van der Waals surface area contributed by atoms with Crippen molar-refractivity contribution in [1.29, 1.82) is 0 Å². The van der Waals surface area contributed by atoms with Gasteiger partial charge in [0.05, 0.1) is 0 Å². The van der Waals surface area contributed by atoms with E-state index in [0.29, 0.717) is 25.9 Å². The quantitative estimate of drug-likeness (QED) is 0.647. The predicted octanol–water partition coefficient (Wildman–Crippen LogP) is 2.36. The highest BCUT2D eigenvalue weighted by Crippen LogP contribution is 2.36. The van der Waals surface area contributed by atoms with Crippen molar-refractivity contribution < 1.29 is 17.9 Å². The molecule has 0 spiro atoms. The van der Waals surface area contributed by atoms with Gasteiger partial charge < -0.3 is 10.5 Å². The fourth-order valence-electron chi connectivity index (χ4n) is 4.38. The first-order chi connectivity index (χ1) is 13.9. The molecule has 0 unspecified atom stereocenters. The van der Waals surface area contributed by atoms with Gasteiger partial charge in [0.1, 0.15) is 0 Å². The number of sulfonamides is 1.